The number of rotatable bonds is 15. The number of nitrogens with zero attached hydrogens (tertiary/aromatic N) is 3. The summed E-state index contributed by atoms with van der Waals surface area (Å²) in [5.41, 5.74) is 1.86. The average Bonchev–Trinajstić information content (AvgIpc) is 3.55. The quantitative estimate of drug-likeness (QED) is 0.206. The summed E-state index contributed by atoms with van der Waals surface area (Å²) in [6.07, 6.45) is 2.57. The zero-order chi connectivity index (χ0) is 38.0. The first-order valence-corrected chi connectivity index (χ1v) is 18.4. The van der Waals surface area contributed by atoms with E-state index >= 15 is 0 Å². The molecule has 3 N–H and O–H groups in total. The summed E-state index contributed by atoms with van der Waals surface area (Å²) < 4.78 is 5.73. The van der Waals surface area contributed by atoms with E-state index in [-0.39, 0.29) is 36.4 Å². The van der Waals surface area contributed by atoms with Gasteiger partial charge in [0.1, 0.15) is 16.7 Å². The van der Waals surface area contributed by atoms with Crippen LogP contribution in [0.25, 0.3) is 0 Å². The lowest BCUT2D eigenvalue weighted by molar-refractivity contribution is -0.147. The van der Waals surface area contributed by atoms with Crippen molar-refractivity contribution in [3.63, 3.8) is 0 Å². The SMILES string of the molecule is CC(=O)O[C@H](CC(=C(C)C)N(C)C(=O)[C@@H](NC(=O)[C@H]1CCCCN1C)C(C)(C)C)c1nc(C(=O)N[C@@H](Cc2ccccc2)C[C@H](C)C(=O)O)cs1. The number of carbonyl (C=O) groups excluding carboxylic acids is 4. The van der Waals surface area contributed by atoms with Crippen LogP contribution < -0.4 is 10.6 Å². The van der Waals surface area contributed by atoms with Gasteiger partial charge in [-0.2, -0.15) is 0 Å². The molecule has 1 aliphatic heterocycles. The number of carboxylic acid groups (broad SMARTS) is 1. The predicted molar refractivity (Wildman–Crippen MR) is 197 cm³/mol. The van der Waals surface area contributed by atoms with Crippen molar-refractivity contribution in [2.24, 2.45) is 11.3 Å². The van der Waals surface area contributed by atoms with E-state index in [1.165, 1.54) is 11.8 Å². The van der Waals surface area contributed by atoms with Gasteiger partial charge in [-0.15, -0.1) is 11.3 Å². The number of amides is 3. The van der Waals surface area contributed by atoms with E-state index in [2.05, 4.69) is 15.6 Å². The second kappa shape index (κ2) is 18.4. The number of hydrogen-bond acceptors (Lipinski definition) is 9. The summed E-state index contributed by atoms with van der Waals surface area (Å²) in [6.45, 7) is 13.2. The Balaban J connectivity index is 1.83. The van der Waals surface area contributed by atoms with Crippen molar-refractivity contribution >= 4 is 41.0 Å². The molecule has 1 aliphatic rings. The van der Waals surface area contributed by atoms with E-state index in [0.29, 0.717) is 17.1 Å². The van der Waals surface area contributed by atoms with Gasteiger partial charge in [-0.25, -0.2) is 4.98 Å². The van der Waals surface area contributed by atoms with Crippen LogP contribution in [0.2, 0.25) is 0 Å². The molecule has 0 radical (unpaired) electrons. The molecular weight excluding hydrogens is 671 g/mol. The number of carbonyl (C=O) groups is 5. The van der Waals surface area contributed by atoms with Gasteiger partial charge in [0.25, 0.3) is 5.91 Å². The molecule has 1 aromatic heterocycles. The van der Waals surface area contributed by atoms with E-state index in [1.54, 1.807) is 19.4 Å². The Morgan fingerprint density at radius 2 is 1.75 bits per heavy atom. The molecule has 2 heterocycles. The minimum atomic E-state index is -0.950. The molecule has 1 aromatic carbocycles. The molecule has 12 nitrogen and oxygen atoms in total. The second-order valence-electron chi connectivity index (χ2n) is 14.9. The molecule has 0 saturated carbocycles. The monoisotopic (exact) mass is 725 g/mol. The highest BCUT2D eigenvalue weighted by Gasteiger charge is 2.39. The highest BCUT2D eigenvalue weighted by Crippen LogP contribution is 2.32. The second-order valence-corrected chi connectivity index (χ2v) is 15.7. The molecule has 5 atom stereocenters. The van der Waals surface area contributed by atoms with Crippen molar-refractivity contribution in [3.8, 4) is 0 Å². The first-order chi connectivity index (χ1) is 23.9. The summed E-state index contributed by atoms with van der Waals surface area (Å²) in [4.78, 5) is 73.1. The number of likely N-dealkylation sites (N-methyl/N-ethyl adjacent to an activating group) is 2. The molecule has 1 fully saturated rings. The Morgan fingerprint density at radius 3 is 2.31 bits per heavy atom. The zero-order valence-corrected chi connectivity index (χ0v) is 32.3. The van der Waals surface area contributed by atoms with Crippen molar-refractivity contribution < 1.29 is 33.8 Å². The molecular formula is C38H55N5O7S. The lowest BCUT2D eigenvalue weighted by Crippen LogP contribution is -2.58. The van der Waals surface area contributed by atoms with Gasteiger partial charge in [-0.1, -0.05) is 70.0 Å². The van der Waals surface area contributed by atoms with Gasteiger partial charge in [0, 0.05) is 37.5 Å². The topological polar surface area (TPSA) is 158 Å². The fourth-order valence-electron chi connectivity index (χ4n) is 6.27. The van der Waals surface area contributed by atoms with Crippen LogP contribution >= 0.6 is 11.3 Å². The number of thiazole rings is 1. The van der Waals surface area contributed by atoms with E-state index < -0.39 is 47.4 Å². The molecule has 0 unspecified atom stereocenters. The van der Waals surface area contributed by atoms with E-state index in [0.717, 1.165) is 48.3 Å². The number of piperidine rings is 1. The highest BCUT2D eigenvalue weighted by molar-refractivity contribution is 7.09. The fraction of sp³-hybridized carbons (Fsp3) is 0.579. The van der Waals surface area contributed by atoms with Gasteiger partial charge in [-0.3, -0.25) is 28.9 Å². The fourth-order valence-corrected chi connectivity index (χ4v) is 7.10. The number of aliphatic carboxylic acids is 1. The molecule has 13 heteroatoms. The van der Waals surface area contributed by atoms with Gasteiger partial charge in [0.15, 0.2) is 6.10 Å². The smallest absolute Gasteiger partial charge is 0.306 e. The Morgan fingerprint density at radius 1 is 1.08 bits per heavy atom. The number of hydrogen-bond donors (Lipinski definition) is 3. The van der Waals surface area contributed by atoms with Gasteiger partial charge >= 0.3 is 11.9 Å². The zero-order valence-electron chi connectivity index (χ0n) is 31.4. The number of nitrogens with one attached hydrogen (secondary N) is 2. The van der Waals surface area contributed by atoms with Crippen LogP contribution in [0.5, 0.6) is 0 Å². The van der Waals surface area contributed by atoms with Crippen molar-refractivity contribution in [2.75, 3.05) is 20.6 Å². The lowest BCUT2D eigenvalue weighted by Gasteiger charge is -2.38. The third-order valence-electron chi connectivity index (χ3n) is 9.22. The van der Waals surface area contributed by atoms with Gasteiger partial charge in [0.2, 0.25) is 11.8 Å². The van der Waals surface area contributed by atoms with Crippen molar-refractivity contribution in [2.45, 2.75) is 111 Å². The minimum Gasteiger partial charge on any atom is -0.481 e. The van der Waals surface area contributed by atoms with Gasteiger partial charge in [-0.05, 0) is 64.1 Å². The third kappa shape index (κ3) is 12.0. The molecule has 0 spiro atoms. The molecule has 51 heavy (non-hydrogen) atoms. The van der Waals surface area contributed by atoms with E-state index in [4.69, 9.17) is 4.74 Å². The van der Waals surface area contributed by atoms with E-state index in [1.807, 2.05) is 76.9 Å². The van der Waals surface area contributed by atoms with Gasteiger partial charge < -0.3 is 25.4 Å². The van der Waals surface area contributed by atoms with Crippen molar-refractivity contribution in [1.29, 1.82) is 0 Å². The van der Waals surface area contributed by atoms with Gasteiger partial charge in [0.05, 0.1) is 12.0 Å². The summed E-state index contributed by atoms with van der Waals surface area (Å²) in [6, 6.07) is 7.91. The lowest BCUT2D eigenvalue weighted by atomic mass is 9.85. The maximum absolute atomic E-state index is 14.2. The van der Waals surface area contributed by atoms with E-state index in [9.17, 15) is 29.1 Å². The molecule has 0 bridgehead atoms. The number of allylic oxidation sites excluding steroid dienone is 1. The molecule has 280 valence electrons. The average molecular weight is 726 g/mol. The maximum Gasteiger partial charge on any atom is 0.306 e. The summed E-state index contributed by atoms with van der Waals surface area (Å²) in [5, 5.41) is 17.5. The molecule has 3 rings (SSSR count). The first-order valence-electron chi connectivity index (χ1n) is 17.5. The first kappa shape index (κ1) is 41.3. The van der Waals surface area contributed by atoms with Crippen LogP contribution in [0.3, 0.4) is 0 Å². The minimum absolute atomic E-state index is 0.0989. The van der Waals surface area contributed by atoms with Crippen LogP contribution in [0.1, 0.15) is 108 Å². The Hall–Kier alpha value is -4.10. The van der Waals surface area contributed by atoms with Crippen LogP contribution in [-0.2, 0) is 30.3 Å². The van der Waals surface area contributed by atoms with Crippen molar-refractivity contribution in [3.05, 3.63) is 63.2 Å². The largest absolute Gasteiger partial charge is 0.481 e. The third-order valence-corrected chi connectivity index (χ3v) is 10.2. The molecule has 2 aromatic rings. The number of benzene rings is 1. The molecule has 1 saturated heterocycles. The Kier molecular flexibility index (Phi) is 14.9. The van der Waals surface area contributed by atoms with Crippen LogP contribution in [-0.4, -0.2) is 88.3 Å². The Bertz CT molecular complexity index is 1560. The number of aromatic nitrogens is 1. The molecule has 0 aliphatic carbocycles. The van der Waals surface area contributed by atoms with Crippen molar-refractivity contribution in [1.82, 2.24) is 25.4 Å². The summed E-state index contributed by atoms with van der Waals surface area (Å²) >= 11 is 1.16. The maximum atomic E-state index is 14.2. The van der Waals surface area contributed by atoms with Crippen LogP contribution in [0, 0.1) is 11.3 Å². The summed E-state index contributed by atoms with van der Waals surface area (Å²) in [7, 11) is 3.58. The summed E-state index contributed by atoms with van der Waals surface area (Å²) in [5.74, 6) is -3.13. The predicted octanol–water partition coefficient (Wildman–Crippen LogP) is 5.36. The van der Waals surface area contributed by atoms with Crippen LogP contribution in [0.4, 0.5) is 0 Å². The highest BCUT2D eigenvalue weighted by atomic mass is 32.1. The number of ether oxygens (including phenoxy) is 1. The number of esters is 1. The standard InChI is InChI=1S/C38H55N5O7S/c1-23(2)30(43(9)36(47)32(38(5,6)7)41-34(46)29-17-13-14-18-42(29)8)21-31(50-25(4)44)35-40-28(22-51-35)33(45)39-27(19-24(3)37(48)49)20-26-15-11-10-12-16-26/h10-12,15-16,22,24,27,29,31-32H,13-14,17-21H2,1-9H3,(H,39,45)(H,41,46)(H,48,49)/t24-,27+,29+,31+,32+/m0/s1. The number of carboxylic acids is 1. The Labute approximate surface area is 306 Å². The normalized spacial score (nSPS) is 17.3. The van der Waals surface area contributed by atoms with Crippen LogP contribution in [0.15, 0.2) is 47.0 Å². The number of likely N-dealkylation sites (tertiary alicyclic amines) is 1. The molecule has 3 amide bonds.